The molecule has 2 aromatic carbocycles. The Hall–Kier alpha value is -3.18. The van der Waals surface area contributed by atoms with E-state index in [0.717, 1.165) is 22.2 Å². The summed E-state index contributed by atoms with van der Waals surface area (Å²) in [4.78, 5) is 17.2. The average molecular weight is 377 g/mol. The third-order valence-electron chi connectivity index (χ3n) is 4.33. The second-order valence-electron chi connectivity index (χ2n) is 6.31. The van der Waals surface area contributed by atoms with E-state index in [1.165, 1.54) is 0 Å². The van der Waals surface area contributed by atoms with Gasteiger partial charge in [-0.2, -0.15) is 5.10 Å². The molecule has 134 valence electrons. The summed E-state index contributed by atoms with van der Waals surface area (Å²) in [7, 11) is 0. The highest BCUT2D eigenvalue weighted by atomic mass is 35.5. The number of carbonyl (C=O) groups excluding carboxylic acids is 1. The van der Waals surface area contributed by atoms with Gasteiger partial charge in [-0.25, -0.2) is 0 Å². The number of halogens is 1. The van der Waals surface area contributed by atoms with Crippen LogP contribution in [0, 0.1) is 6.92 Å². The highest BCUT2D eigenvalue weighted by molar-refractivity contribution is 6.31. The molecule has 0 unspecified atom stereocenters. The van der Waals surface area contributed by atoms with Crippen molar-refractivity contribution < 1.29 is 4.79 Å². The number of benzene rings is 2. The van der Waals surface area contributed by atoms with E-state index in [1.54, 1.807) is 12.3 Å². The van der Waals surface area contributed by atoms with Gasteiger partial charge >= 0.3 is 0 Å². The number of anilines is 1. The van der Waals surface area contributed by atoms with Gasteiger partial charge in [-0.1, -0.05) is 23.7 Å². The normalized spacial score (nSPS) is 10.9. The van der Waals surface area contributed by atoms with Crippen LogP contribution in [0.2, 0.25) is 5.02 Å². The zero-order valence-corrected chi connectivity index (χ0v) is 15.4. The molecule has 6 heteroatoms. The summed E-state index contributed by atoms with van der Waals surface area (Å²) in [5, 5.41) is 8.58. The van der Waals surface area contributed by atoms with Crippen molar-refractivity contribution in [3.05, 3.63) is 88.8 Å². The lowest BCUT2D eigenvalue weighted by Crippen LogP contribution is -2.14. The number of carbonyl (C=O) groups is 1. The Morgan fingerprint density at radius 3 is 2.70 bits per heavy atom. The summed E-state index contributed by atoms with van der Waals surface area (Å²) >= 11 is 6.05. The van der Waals surface area contributed by atoms with Gasteiger partial charge in [-0.15, -0.1) is 0 Å². The Bertz CT molecular complexity index is 1110. The minimum atomic E-state index is -0.193. The molecule has 0 atom stereocenters. The molecule has 0 aliphatic carbocycles. The van der Waals surface area contributed by atoms with Crippen LogP contribution < -0.4 is 5.32 Å². The van der Waals surface area contributed by atoms with Crippen LogP contribution in [0.4, 0.5) is 5.69 Å². The number of fused-ring (bicyclic) bond motifs is 1. The second kappa shape index (κ2) is 7.21. The maximum absolute atomic E-state index is 12.7. The van der Waals surface area contributed by atoms with Crippen LogP contribution in [0.15, 0.2) is 67.0 Å². The minimum Gasteiger partial charge on any atom is -0.322 e. The predicted molar refractivity (Wildman–Crippen MR) is 107 cm³/mol. The first-order valence-electron chi connectivity index (χ1n) is 8.53. The van der Waals surface area contributed by atoms with E-state index >= 15 is 0 Å². The molecular weight excluding hydrogens is 360 g/mol. The molecule has 0 radical (unpaired) electrons. The predicted octanol–water partition coefficient (Wildman–Crippen LogP) is 4.69. The fourth-order valence-corrected chi connectivity index (χ4v) is 3.13. The zero-order valence-electron chi connectivity index (χ0n) is 14.7. The maximum Gasteiger partial charge on any atom is 0.257 e. The molecule has 0 aliphatic rings. The summed E-state index contributed by atoms with van der Waals surface area (Å²) in [6, 6.07) is 16.9. The van der Waals surface area contributed by atoms with Crippen molar-refractivity contribution in [2.24, 2.45) is 0 Å². The van der Waals surface area contributed by atoms with Gasteiger partial charge in [0.05, 0.1) is 23.3 Å². The van der Waals surface area contributed by atoms with Gasteiger partial charge in [-0.3, -0.25) is 14.5 Å². The quantitative estimate of drug-likeness (QED) is 0.562. The minimum absolute atomic E-state index is 0.193. The monoisotopic (exact) mass is 376 g/mol. The van der Waals surface area contributed by atoms with Gasteiger partial charge in [0, 0.05) is 28.5 Å². The summed E-state index contributed by atoms with van der Waals surface area (Å²) in [5.41, 5.74) is 3.86. The van der Waals surface area contributed by atoms with Gasteiger partial charge in [0.2, 0.25) is 0 Å². The van der Waals surface area contributed by atoms with Gasteiger partial charge in [-0.05, 0) is 55.0 Å². The van der Waals surface area contributed by atoms with Crippen LogP contribution in [-0.4, -0.2) is 20.7 Å². The average Bonchev–Trinajstić information content (AvgIpc) is 3.16. The number of hydrogen-bond donors (Lipinski definition) is 1. The first-order chi connectivity index (χ1) is 13.1. The molecule has 0 fully saturated rings. The smallest absolute Gasteiger partial charge is 0.257 e. The molecule has 1 amide bonds. The molecule has 0 bridgehead atoms. The number of aromatic nitrogens is 3. The Balaban J connectivity index is 1.53. The van der Waals surface area contributed by atoms with Crippen LogP contribution in [-0.2, 0) is 6.54 Å². The first-order valence-corrected chi connectivity index (χ1v) is 8.91. The standard InChI is InChI=1S/C21H17ClN4O/c1-14-19(12-16-11-17(22)5-8-20(16)24-14)21(27)25-18-6-3-15(4-7-18)13-26-10-2-9-23-26/h2-12H,13H2,1H3,(H,25,27). The summed E-state index contributed by atoms with van der Waals surface area (Å²) < 4.78 is 1.85. The molecule has 4 rings (SSSR count). The highest BCUT2D eigenvalue weighted by Gasteiger charge is 2.12. The lowest BCUT2D eigenvalue weighted by Gasteiger charge is -2.10. The van der Waals surface area contributed by atoms with E-state index in [9.17, 15) is 4.79 Å². The van der Waals surface area contributed by atoms with Crippen LogP contribution in [0.25, 0.3) is 10.9 Å². The highest BCUT2D eigenvalue weighted by Crippen LogP contribution is 2.21. The van der Waals surface area contributed by atoms with Gasteiger partial charge in [0.1, 0.15) is 0 Å². The van der Waals surface area contributed by atoms with E-state index < -0.39 is 0 Å². The van der Waals surface area contributed by atoms with E-state index in [0.29, 0.717) is 22.8 Å². The van der Waals surface area contributed by atoms with E-state index in [2.05, 4.69) is 15.4 Å². The number of pyridine rings is 1. The third-order valence-corrected chi connectivity index (χ3v) is 4.56. The molecule has 5 nitrogen and oxygen atoms in total. The zero-order chi connectivity index (χ0) is 18.8. The van der Waals surface area contributed by atoms with Crippen molar-refractivity contribution in [2.45, 2.75) is 13.5 Å². The largest absolute Gasteiger partial charge is 0.322 e. The molecule has 0 saturated heterocycles. The first kappa shape index (κ1) is 17.2. The van der Waals surface area contributed by atoms with E-state index in [-0.39, 0.29) is 5.91 Å². The third kappa shape index (κ3) is 3.83. The summed E-state index contributed by atoms with van der Waals surface area (Å²) in [6.07, 6.45) is 3.67. The Morgan fingerprint density at radius 1 is 1.15 bits per heavy atom. The van der Waals surface area contributed by atoms with Crippen LogP contribution in [0.3, 0.4) is 0 Å². The molecule has 2 heterocycles. The number of aryl methyl sites for hydroxylation is 1. The molecule has 0 saturated carbocycles. The number of hydrogen-bond acceptors (Lipinski definition) is 3. The number of nitrogens with zero attached hydrogens (tertiary/aromatic N) is 3. The fraction of sp³-hybridized carbons (Fsp3) is 0.0952. The SMILES string of the molecule is Cc1nc2ccc(Cl)cc2cc1C(=O)Nc1ccc(Cn2cccn2)cc1. The van der Waals surface area contributed by atoms with Crippen molar-refractivity contribution in [1.29, 1.82) is 0 Å². The molecular formula is C21H17ClN4O. The molecule has 0 aliphatic heterocycles. The Kier molecular flexibility index (Phi) is 4.60. The van der Waals surface area contributed by atoms with E-state index in [1.807, 2.05) is 66.3 Å². The molecule has 0 spiro atoms. The van der Waals surface area contributed by atoms with Crippen molar-refractivity contribution in [3.63, 3.8) is 0 Å². The van der Waals surface area contributed by atoms with Crippen LogP contribution in [0.1, 0.15) is 21.6 Å². The number of rotatable bonds is 4. The topological polar surface area (TPSA) is 59.8 Å². The number of amides is 1. The van der Waals surface area contributed by atoms with Crippen molar-refractivity contribution in [1.82, 2.24) is 14.8 Å². The van der Waals surface area contributed by atoms with E-state index in [4.69, 9.17) is 11.6 Å². The number of nitrogens with one attached hydrogen (secondary N) is 1. The maximum atomic E-state index is 12.7. The van der Waals surface area contributed by atoms with Crippen molar-refractivity contribution in [2.75, 3.05) is 5.32 Å². The van der Waals surface area contributed by atoms with Gasteiger partial charge in [0.25, 0.3) is 5.91 Å². The van der Waals surface area contributed by atoms with Gasteiger partial charge in [0.15, 0.2) is 0 Å². The van der Waals surface area contributed by atoms with Gasteiger partial charge < -0.3 is 5.32 Å². The van der Waals surface area contributed by atoms with Crippen LogP contribution in [0.5, 0.6) is 0 Å². The molecule has 4 aromatic rings. The molecule has 2 aromatic heterocycles. The molecule has 27 heavy (non-hydrogen) atoms. The lowest BCUT2D eigenvalue weighted by atomic mass is 10.1. The second-order valence-corrected chi connectivity index (χ2v) is 6.75. The Labute approximate surface area is 161 Å². The van der Waals surface area contributed by atoms with Crippen LogP contribution >= 0.6 is 11.6 Å². The summed E-state index contributed by atoms with van der Waals surface area (Å²) in [5.74, 6) is -0.193. The summed E-state index contributed by atoms with van der Waals surface area (Å²) in [6.45, 7) is 2.52. The van der Waals surface area contributed by atoms with Crippen molar-refractivity contribution >= 4 is 34.1 Å². The van der Waals surface area contributed by atoms with Crippen molar-refractivity contribution in [3.8, 4) is 0 Å². The fourth-order valence-electron chi connectivity index (χ4n) is 2.95. The lowest BCUT2D eigenvalue weighted by molar-refractivity contribution is 0.102. The Morgan fingerprint density at radius 2 is 1.96 bits per heavy atom. The molecule has 1 N–H and O–H groups in total.